The third kappa shape index (κ3) is 20.2. The fourth-order valence-corrected chi connectivity index (χ4v) is 14.4. The molecule has 0 aliphatic carbocycles. The number of amides is 2. The molecule has 5 rings (SSSR count). The zero-order valence-electron chi connectivity index (χ0n) is 50.1. The van der Waals surface area contributed by atoms with Crippen molar-refractivity contribution in [1.82, 2.24) is 31.9 Å². The van der Waals surface area contributed by atoms with Gasteiger partial charge in [-0.25, -0.2) is 9.59 Å². The molecule has 0 saturated carbocycles. The van der Waals surface area contributed by atoms with Crippen molar-refractivity contribution in [1.29, 1.82) is 0 Å². The van der Waals surface area contributed by atoms with Crippen LogP contribution >= 0.6 is 0 Å². The number of unbranched alkanes of at least 4 members (excludes halogenated alkanes) is 14. The van der Waals surface area contributed by atoms with Crippen LogP contribution in [0.5, 0.6) is 0 Å². The molecule has 10 N–H and O–H groups in total. The molecule has 5 heterocycles. The molecule has 16 atom stereocenters. The zero-order chi connectivity index (χ0) is 58.5. The average molecular weight is 1130 g/mol. The van der Waals surface area contributed by atoms with Gasteiger partial charge in [-0.3, -0.25) is 19.2 Å². The molecule has 5 aliphatic rings. The predicted octanol–water partition coefficient (Wildman–Crippen LogP) is 8.80. The summed E-state index contributed by atoms with van der Waals surface area (Å²) in [6.07, 6.45) is 21.8. The van der Waals surface area contributed by atoms with Crippen molar-refractivity contribution >= 4 is 35.7 Å². The maximum absolute atomic E-state index is 13.5. The summed E-state index contributed by atoms with van der Waals surface area (Å²) in [6.45, 7) is 19.3. The van der Waals surface area contributed by atoms with E-state index in [1.54, 1.807) is 0 Å². The van der Waals surface area contributed by atoms with Gasteiger partial charge in [0.15, 0.2) is 0 Å². The number of hydrogen-bond donors (Lipinski definition) is 10. The Balaban J connectivity index is 1.46. The van der Waals surface area contributed by atoms with Crippen LogP contribution in [-0.4, -0.2) is 142 Å². The molecule has 3 fully saturated rings. The van der Waals surface area contributed by atoms with Crippen molar-refractivity contribution in [2.24, 2.45) is 23.7 Å². The van der Waals surface area contributed by atoms with Gasteiger partial charge in [-0.15, -0.1) is 0 Å². The van der Waals surface area contributed by atoms with Crippen LogP contribution < -0.4 is 31.9 Å². The summed E-state index contributed by atoms with van der Waals surface area (Å²) in [5.41, 5.74) is 5.24. The molecule has 80 heavy (non-hydrogen) atoms. The van der Waals surface area contributed by atoms with Gasteiger partial charge in [0.05, 0.1) is 25.0 Å². The summed E-state index contributed by atoms with van der Waals surface area (Å²) in [7, 11) is 0. The van der Waals surface area contributed by atoms with Gasteiger partial charge in [0.2, 0.25) is 11.8 Å². The van der Waals surface area contributed by atoms with Crippen molar-refractivity contribution in [2.75, 3.05) is 13.2 Å². The summed E-state index contributed by atoms with van der Waals surface area (Å²) in [5.74, 6) is -6.40. The van der Waals surface area contributed by atoms with Crippen LogP contribution in [0, 0.1) is 23.7 Å². The van der Waals surface area contributed by atoms with E-state index in [4.69, 9.17) is 9.47 Å². The molecule has 8 bridgehead atoms. The van der Waals surface area contributed by atoms with E-state index in [1.807, 2.05) is 0 Å². The summed E-state index contributed by atoms with van der Waals surface area (Å²) in [5, 5.41) is 59.6. The van der Waals surface area contributed by atoms with Crippen LogP contribution in [0.1, 0.15) is 222 Å². The first-order chi connectivity index (χ1) is 38.2. The summed E-state index contributed by atoms with van der Waals surface area (Å²) >= 11 is 0. The van der Waals surface area contributed by atoms with Gasteiger partial charge >= 0.3 is 23.9 Å². The Kier molecular flexibility index (Phi) is 28.4. The molecule has 456 valence electrons. The van der Waals surface area contributed by atoms with Crippen LogP contribution in [0.4, 0.5) is 0 Å². The van der Waals surface area contributed by atoms with Crippen LogP contribution in [0.3, 0.4) is 0 Å². The quantitative estimate of drug-likeness (QED) is 0.0207. The second-order valence-electron chi connectivity index (χ2n) is 24.7. The molecular formula is C62H106N6O12. The lowest BCUT2D eigenvalue weighted by molar-refractivity contribution is -0.147. The topological polar surface area (TPSA) is 274 Å². The van der Waals surface area contributed by atoms with Gasteiger partial charge in [0, 0.05) is 74.4 Å². The van der Waals surface area contributed by atoms with Gasteiger partial charge < -0.3 is 61.8 Å². The van der Waals surface area contributed by atoms with E-state index in [0.717, 1.165) is 44.9 Å². The number of carbonyl (C=O) groups excluding carboxylic acids is 2. The van der Waals surface area contributed by atoms with E-state index in [-0.39, 0.29) is 97.1 Å². The lowest BCUT2D eigenvalue weighted by atomic mass is 9.77. The number of fused-ring (bicyclic) bond motifs is 8. The van der Waals surface area contributed by atoms with Crippen LogP contribution in [0.25, 0.3) is 0 Å². The van der Waals surface area contributed by atoms with E-state index >= 15 is 0 Å². The first-order valence-electron chi connectivity index (χ1n) is 31.4. The minimum Gasteiger partial charge on any atom is -0.481 e. The van der Waals surface area contributed by atoms with E-state index in [9.17, 15) is 49.2 Å². The Morgan fingerprint density at radius 3 is 1.21 bits per heavy atom. The van der Waals surface area contributed by atoms with Gasteiger partial charge in [-0.1, -0.05) is 129 Å². The molecule has 5 aliphatic heterocycles. The van der Waals surface area contributed by atoms with Crippen molar-refractivity contribution in [2.45, 2.75) is 295 Å². The third-order valence-corrected chi connectivity index (χ3v) is 19.0. The first-order valence-corrected chi connectivity index (χ1v) is 31.4. The van der Waals surface area contributed by atoms with E-state index in [1.165, 1.54) is 99.3 Å². The molecular weight excluding hydrogens is 1020 g/mol. The number of carboxylic acids is 4. The van der Waals surface area contributed by atoms with Crippen LogP contribution in [0.15, 0.2) is 22.3 Å². The molecule has 0 spiro atoms. The number of hydrogen-bond acceptors (Lipinski definition) is 12. The number of ether oxygens (including phenoxy) is 2. The SMILES string of the molecule is CCCCCCCCCCOC(C)C1=C(C)C2CC3NC(CC4NC(CC5NC(CC1N2)C(C)=C5C(C)OCCCCCCCCCC)C(C)C4CCC(=O)NC(CC(=O)O)C(=O)O)C(CCC(=O)NC(CC(=O)O)C(=O)O)C3C. The standard InChI is InChI=1S/C62H106N6O12/c1-9-11-13-15-17-19-21-23-29-79-41(7)59-39(5)47-31-45-37(3)43(25-27-55(69)67-53(61(75)76)35-57(71)72)49(63-45)34-50-44(26-28-56(70)68-54(62(77)78)36-58(73)74)38(4)46(64-50)32-51-60(40(6)48(66-51)33-52(59)65-47)42(8)80-30-24-22-20-18-16-14-12-10-2/h37-38,41-54,63-66H,9-36H2,1-8H3,(H,67,69)(H,68,70)(H,71,72)(H,73,74)(H,75,76)(H,77,78). The van der Waals surface area contributed by atoms with Crippen molar-refractivity contribution in [3.63, 3.8) is 0 Å². The summed E-state index contributed by atoms with van der Waals surface area (Å²) in [6, 6.07) is -3.11. The number of nitrogens with one attached hydrogen (secondary N) is 6. The molecule has 18 nitrogen and oxygen atoms in total. The minimum absolute atomic E-state index is 0.00568. The zero-order valence-corrected chi connectivity index (χ0v) is 50.1. The second kappa shape index (κ2) is 34.0. The van der Waals surface area contributed by atoms with Crippen molar-refractivity contribution in [3.8, 4) is 0 Å². The molecule has 16 unspecified atom stereocenters. The highest BCUT2D eigenvalue weighted by atomic mass is 16.5. The molecule has 18 heteroatoms. The fraction of sp³-hybridized carbons (Fsp3) is 0.839. The van der Waals surface area contributed by atoms with Crippen LogP contribution in [-0.2, 0) is 38.2 Å². The first kappa shape index (κ1) is 66.9. The molecule has 2 amide bonds. The van der Waals surface area contributed by atoms with E-state index in [0.29, 0.717) is 32.5 Å². The Morgan fingerprint density at radius 2 is 0.838 bits per heavy atom. The lowest BCUT2D eigenvalue weighted by Crippen LogP contribution is -2.46. The number of rotatable bonds is 36. The summed E-state index contributed by atoms with van der Waals surface area (Å²) in [4.78, 5) is 74.0. The fourth-order valence-electron chi connectivity index (χ4n) is 14.4. The molecule has 0 aromatic heterocycles. The third-order valence-electron chi connectivity index (χ3n) is 19.0. The van der Waals surface area contributed by atoms with Gasteiger partial charge in [-0.05, 0) is 114 Å². The lowest BCUT2D eigenvalue weighted by Gasteiger charge is -2.29. The number of carbonyl (C=O) groups is 6. The Labute approximate surface area is 478 Å². The van der Waals surface area contributed by atoms with Crippen molar-refractivity contribution < 1.29 is 58.7 Å². The Hall–Kier alpha value is -3.94. The average Bonchev–Trinajstić information content (AvgIpc) is 4.08. The maximum Gasteiger partial charge on any atom is 0.326 e. The molecule has 0 radical (unpaired) electrons. The molecule has 0 aromatic rings. The van der Waals surface area contributed by atoms with Crippen LogP contribution in [0.2, 0.25) is 0 Å². The number of carboxylic acid groups (broad SMARTS) is 4. The predicted molar refractivity (Wildman–Crippen MR) is 310 cm³/mol. The minimum atomic E-state index is -1.55. The Morgan fingerprint density at radius 1 is 0.487 bits per heavy atom. The largest absolute Gasteiger partial charge is 0.481 e. The van der Waals surface area contributed by atoms with Crippen molar-refractivity contribution in [3.05, 3.63) is 22.3 Å². The second-order valence-corrected chi connectivity index (χ2v) is 24.7. The maximum atomic E-state index is 13.5. The summed E-state index contributed by atoms with van der Waals surface area (Å²) < 4.78 is 13.6. The molecule has 3 saturated heterocycles. The highest BCUT2D eigenvalue weighted by Crippen LogP contribution is 2.44. The van der Waals surface area contributed by atoms with Gasteiger partial charge in [-0.2, -0.15) is 0 Å². The monoisotopic (exact) mass is 1130 g/mol. The molecule has 0 aromatic carbocycles. The van der Waals surface area contributed by atoms with Gasteiger partial charge in [0.1, 0.15) is 12.1 Å². The van der Waals surface area contributed by atoms with E-state index in [2.05, 4.69) is 87.3 Å². The normalized spacial score (nSPS) is 29.1. The smallest absolute Gasteiger partial charge is 0.326 e. The van der Waals surface area contributed by atoms with E-state index < -0.39 is 60.6 Å². The van der Waals surface area contributed by atoms with Gasteiger partial charge in [0.25, 0.3) is 0 Å². The highest BCUT2D eigenvalue weighted by Gasteiger charge is 2.49. The highest BCUT2D eigenvalue weighted by molar-refractivity contribution is 5.87. The Bertz CT molecular complexity index is 2070. The number of aliphatic carboxylic acids is 4.